The number of nitrogens with two attached hydrogens (primary N) is 1. The highest BCUT2D eigenvalue weighted by Crippen LogP contribution is 2.23. The smallest absolute Gasteiger partial charge is 0.243 e. The Morgan fingerprint density at radius 1 is 1.40 bits per heavy atom. The highest BCUT2D eigenvalue weighted by molar-refractivity contribution is 7.89. The minimum atomic E-state index is -3.53. The Hall–Kier alpha value is -1.15. The van der Waals surface area contributed by atoms with Gasteiger partial charge in [0.1, 0.15) is 5.75 Å². The van der Waals surface area contributed by atoms with E-state index in [0.29, 0.717) is 31.9 Å². The van der Waals surface area contributed by atoms with Crippen molar-refractivity contribution in [3.63, 3.8) is 0 Å². The van der Waals surface area contributed by atoms with Gasteiger partial charge in [-0.15, -0.1) is 0 Å². The number of likely N-dealkylation sites (N-methyl/N-ethyl adjacent to an activating group) is 1. The summed E-state index contributed by atoms with van der Waals surface area (Å²) in [5.74, 6) is 0.532. The second-order valence-corrected chi connectivity index (χ2v) is 6.84. The molecule has 1 fully saturated rings. The van der Waals surface area contributed by atoms with Crippen LogP contribution in [0.1, 0.15) is 0 Å². The van der Waals surface area contributed by atoms with Gasteiger partial charge in [0.05, 0.1) is 18.0 Å². The molecule has 2 rings (SSSR count). The summed E-state index contributed by atoms with van der Waals surface area (Å²) in [6, 6.07) is 6.35. The van der Waals surface area contributed by atoms with Gasteiger partial charge in [-0.2, -0.15) is 4.31 Å². The first-order chi connectivity index (χ1) is 9.48. The molecule has 1 atom stereocenters. The lowest BCUT2D eigenvalue weighted by Gasteiger charge is -2.38. The molecule has 0 aromatic heterocycles. The molecule has 2 N–H and O–H groups in total. The Morgan fingerprint density at radius 2 is 2.15 bits per heavy atom. The molecule has 0 aliphatic carbocycles. The van der Waals surface area contributed by atoms with Crippen LogP contribution in [0, 0.1) is 0 Å². The van der Waals surface area contributed by atoms with Crippen LogP contribution in [-0.4, -0.2) is 64.0 Å². The average Bonchev–Trinajstić information content (AvgIpc) is 2.46. The molecule has 20 heavy (non-hydrogen) atoms. The summed E-state index contributed by atoms with van der Waals surface area (Å²) < 4.78 is 32.0. The van der Waals surface area contributed by atoms with Crippen molar-refractivity contribution in [1.29, 1.82) is 0 Å². The second-order valence-electron chi connectivity index (χ2n) is 4.95. The van der Waals surface area contributed by atoms with E-state index in [-0.39, 0.29) is 10.9 Å². The van der Waals surface area contributed by atoms with Gasteiger partial charge in [-0.3, -0.25) is 0 Å². The zero-order valence-electron chi connectivity index (χ0n) is 11.8. The fraction of sp³-hybridized carbons (Fsp3) is 0.538. The molecule has 6 nitrogen and oxygen atoms in total. The van der Waals surface area contributed by atoms with Gasteiger partial charge in [-0.05, 0) is 19.2 Å². The maximum Gasteiger partial charge on any atom is 0.243 e. The maximum atomic E-state index is 12.7. The number of ether oxygens (including phenoxy) is 1. The lowest BCUT2D eigenvalue weighted by atomic mass is 10.2. The Balaban J connectivity index is 2.33. The van der Waals surface area contributed by atoms with Gasteiger partial charge in [0.25, 0.3) is 0 Å². The molecular weight excluding hydrogens is 278 g/mol. The molecule has 1 unspecified atom stereocenters. The fourth-order valence-electron chi connectivity index (χ4n) is 2.40. The summed E-state index contributed by atoms with van der Waals surface area (Å²) in [6.45, 7) is 2.13. The van der Waals surface area contributed by atoms with Crippen LogP contribution < -0.4 is 10.5 Å². The monoisotopic (exact) mass is 299 g/mol. The van der Waals surface area contributed by atoms with E-state index in [4.69, 9.17) is 10.5 Å². The molecule has 1 aliphatic heterocycles. The largest absolute Gasteiger partial charge is 0.497 e. The first kappa shape index (κ1) is 15.2. The third-order valence-electron chi connectivity index (χ3n) is 3.55. The lowest BCUT2D eigenvalue weighted by Crippen LogP contribution is -2.56. The van der Waals surface area contributed by atoms with Crippen LogP contribution in [0.3, 0.4) is 0 Å². The van der Waals surface area contributed by atoms with Crippen LogP contribution in [0.2, 0.25) is 0 Å². The molecule has 0 saturated carbocycles. The van der Waals surface area contributed by atoms with Crippen LogP contribution in [0.4, 0.5) is 0 Å². The molecule has 1 aromatic rings. The van der Waals surface area contributed by atoms with E-state index in [0.717, 1.165) is 0 Å². The van der Waals surface area contributed by atoms with E-state index in [9.17, 15) is 8.42 Å². The SMILES string of the molecule is COc1cccc(S(=O)(=O)N2CCN(C)CC2CN)c1. The van der Waals surface area contributed by atoms with Crippen LogP contribution in [0.25, 0.3) is 0 Å². The maximum absolute atomic E-state index is 12.7. The summed E-state index contributed by atoms with van der Waals surface area (Å²) in [5.41, 5.74) is 5.73. The molecule has 0 spiro atoms. The minimum absolute atomic E-state index is 0.190. The Bertz CT molecular complexity index is 562. The zero-order chi connectivity index (χ0) is 14.8. The van der Waals surface area contributed by atoms with E-state index in [1.165, 1.54) is 11.4 Å². The Kier molecular flexibility index (Phi) is 4.64. The summed E-state index contributed by atoms with van der Waals surface area (Å²) in [5, 5.41) is 0. The summed E-state index contributed by atoms with van der Waals surface area (Å²) >= 11 is 0. The molecule has 7 heteroatoms. The normalized spacial score (nSPS) is 21.9. The number of rotatable bonds is 4. The number of benzene rings is 1. The molecule has 1 aromatic carbocycles. The number of piperazine rings is 1. The van der Waals surface area contributed by atoms with Gasteiger partial charge in [0, 0.05) is 32.2 Å². The van der Waals surface area contributed by atoms with Gasteiger partial charge in [-0.1, -0.05) is 6.07 Å². The first-order valence-electron chi connectivity index (χ1n) is 6.53. The third-order valence-corrected chi connectivity index (χ3v) is 5.50. The molecular formula is C13H21N3O3S. The molecule has 112 valence electrons. The van der Waals surface area contributed by atoms with Crippen molar-refractivity contribution in [2.45, 2.75) is 10.9 Å². The van der Waals surface area contributed by atoms with Crippen LogP contribution in [0.5, 0.6) is 5.75 Å². The third kappa shape index (κ3) is 2.95. The quantitative estimate of drug-likeness (QED) is 0.844. The molecule has 1 heterocycles. The fourth-order valence-corrected chi connectivity index (χ4v) is 4.05. The number of sulfonamides is 1. The van der Waals surface area contributed by atoms with Crippen LogP contribution >= 0.6 is 0 Å². The molecule has 1 aliphatic rings. The van der Waals surface area contributed by atoms with Crippen molar-refractivity contribution in [3.05, 3.63) is 24.3 Å². The Labute approximate surface area is 120 Å². The number of nitrogens with zero attached hydrogens (tertiary/aromatic N) is 2. The summed E-state index contributed by atoms with van der Waals surface area (Å²) in [6.07, 6.45) is 0. The Morgan fingerprint density at radius 3 is 2.80 bits per heavy atom. The van der Waals surface area contributed by atoms with Gasteiger partial charge in [0.15, 0.2) is 0 Å². The van der Waals surface area contributed by atoms with Crippen LogP contribution in [0.15, 0.2) is 29.2 Å². The molecule has 0 bridgehead atoms. The van der Waals surface area contributed by atoms with Crippen LogP contribution in [-0.2, 0) is 10.0 Å². The van der Waals surface area contributed by atoms with E-state index in [1.807, 2.05) is 7.05 Å². The van der Waals surface area contributed by atoms with E-state index in [2.05, 4.69) is 4.90 Å². The van der Waals surface area contributed by atoms with E-state index >= 15 is 0 Å². The zero-order valence-corrected chi connectivity index (χ0v) is 12.6. The van der Waals surface area contributed by atoms with Gasteiger partial charge in [0.2, 0.25) is 10.0 Å². The number of hydrogen-bond donors (Lipinski definition) is 1. The van der Waals surface area contributed by atoms with Gasteiger partial charge >= 0.3 is 0 Å². The predicted octanol–water partition coefficient (Wildman–Crippen LogP) is -0.0414. The van der Waals surface area contributed by atoms with Gasteiger partial charge < -0.3 is 15.4 Å². The standard InChI is InChI=1S/C13H21N3O3S/c1-15-6-7-16(11(9-14)10-15)20(17,18)13-5-3-4-12(8-13)19-2/h3-5,8,11H,6-7,9-10,14H2,1-2H3. The second kappa shape index (κ2) is 6.09. The van der Waals surface area contributed by atoms with Crippen molar-refractivity contribution >= 4 is 10.0 Å². The van der Waals surface area contributed by atoms with Crippen molar-refractivity contribution in [3.8, 4) is 5.75 Å². The number of hydrogen-bond acceptors (Lipinski definition) is 5. The number of methoxy groups -OCH3 is 1. The predicted molar refractivity (Wildman–Crippen MR) is 77.2 cm³/mol. The highest BCUT2D eigenvalue weighted by Gasteiger charge is 2.34. The molecule has 0 amide bonds. The summed E-state index contributed by atoms with van der Waals surface area (Å²) in [7, 11) is -0.0441. The lowest BCUT2D eigenvalue weighted by molar-refractivity contribution is 0.164. The average molecular weight is 299 g/mol. The highest BCUT2D eigenvalue weighted by atomic mass is 32.2. The van der Waals surface area contributed by atoms with E-state index < -0.39 is 10.0 Å². The van der Waals surface area contributed by atoms with Crippen molar-refractivity contribution in [1.82, 2.24) is 9.21 Å². The van der Waals surface area contributed by atoms with Crippen molar-refractivity contribution < 1.29 is 13.2 Å². The topological polar surface area (TPSA) is 75.9 Å². The minimum Gasteiger partial charge on any atom is -0.497 e. The van der Waals surface area contributed by atoms with Crippen molar-refractivity contribution in [2.75, 3.05) is 40.3 Å². The van der Waals surface area contributed by atoms with Gasteiger partial charge in [-0.25, -0.2) is 8.42 Å². The first-order valence-corrected chi connectivity index (χ1v) is 7.97. The van der Waals surface area contributed by atoms with E-state index in [1.54, 1.807) is 24.3 Å². The molecule has 1 saturated heterocycles. The molecule has 0 radical (unpaired) electrons. The van der Waals surface area contributed by atoms with Crippen molar-refractivity contribution in [2.24, 2.45) is 5.73 Å². The summed E-state index contributed by atoms with van der Waals surface area (Å²) in [4.78, 5) is 2.34.